The molecule has 2 aromatic carbocycles. The van der Waals surface area contributed by atoms with Crippen LogP contribution in [0.1, 0.15) is 42.0 Å². The molecule has 0 saturated heterocycles. The summed E-state index contributed by atoms with van der Waals surface area (Å²) < 4.78 is 13.1. The van der Waals surface area contributed by atoms with Gasteiger partial charge in [-0.15, -0.1) is 0 Å². The van der Waals surface area contributed by atoms with E-state index in [9.17, 15) is 4.79 Å². The summed E-state index contributed by atoms with van der Waals surface area (Å²) in [5.74, 6) is 1.95. The van der Waals surface area contributed by atoms with Gasteiger partial charge in [-0.1, -0.05) is 6.92 Å². The van der Waals surface area contributed by atoms with Crippen molar-refractivity contribution in [1.29, 1.82) is 0 Å². The van der Waals surface area contributed by atoms with E-state index in [4.69, 9.17) is 9.47 Å². The van der Waals surface area contributed by atoms with Gasteiger partial charge < -0.3 is 14.0 Å². The van der Waals surface area contributed by atoms with Crippen LogP contribution < -0.4 is 14.9 Å². The second kappa shape index (κ2) is 9.23. The second-order valence-corrected chi connectivity index (χ2v) is 6.56. The van der Waals surface area contributed by atoms with Crippen molar-refractivity contribution >= 4 is 23.2 Å². The molecule has 7 nitrogen and oxygen atoms in total. The monoisotopic (exact) mass is 394 g/mol. The van der Waals surface area contributed by atoms with Gasteiger partial charge >= 0.3 is 0 Å². The summed E-state index contributed by atoms with van der Waals surface area (Å²) in [6, 6.07) is 11.0. The van der Waals surface area contributed by atoms with Gasteiger partial charge in [-0.3, -0.25) is 4.79 Å². The highest BCUT2D eigenvalue weighted by Crippen LogP contribution is 2.27. The van der Waals surface area contributed by atoms with Crippen LogP contribution >= 0.6 is 0 Å². The number of hydrogen-bond acceptors (Lipinski definition) is 5. The number of nitrogens with zero attached hydrogens (tertiary/aromatic N) is 3. The summed E-state index contributed by atoms with van der Waals surface area (Å²) in [4.78, 5) is 17.0. The summed E-state index contributed by atoms with van der Waals surface area (Å²) in [6.07, 6.45) is 2.47. The van der Waals surface area contributed by atoms with Crippen molar-refractivity contribution < 1.29 is 14.3 Å². The van der Waals surface area contributed by atoms with Crippen LogP contribution in [0.3, 0.4) is 0 Å². The maximum atomic E-state index is 12.4. The van der Waals surface area contributed by atoms with Crippen LogP contribution in [0.4, 0.5) is 0 Å². The van der Waals surface area contributed by atoms with Gasteiger partial charge in [0.15, 0.2) is 11.5 Å². The lowest BCUT2D eigenvalue weighted by molar-refractivity contribution is 0.0955. The molecule has 1 heterocycles. The Morgan fingerprint density at radius 1 is 1.21 bits per heavy atom. The SMILES string of the molecule is CCCOc1cc(/C=N\NC(=O)c2ccc3c(c2)nc(C)n3CC)ccc1OC. The van der Waals surface area contributed by atoms with E-state index in [0.717, 1.165) is 35.4 Å². The van der Waals surface area contributed by atoms with Crippen LogP contribution in [-0.4, -0.2) is 35.4 Å². The predicted octanol–water partition coefficient (Wildman–Crippen LogP) is 3.93. The van der Waals surface area contributed by atoms with E-state index in [2.05, 4.69) is 27.0 Å². The summed E-state index contributed by atoms with van der Waals surface area (Å²) in [5, 5.41) is 4.07. The molecule has 0 unspecified atom stereocenters. The standard InChI is InChI=1S/C22H26N4O3/c1-5-11-29-21-12-16(7-10-20(21)28-4)14-23-25-22(27)17-8-9-19-18(13-17)24-15(3)26(19)6-2/h7-10,12-14H,5-6,11H2,1-4H3,(H,25,27)/b23-14-. The number of aryl methyl sites for hydroxylation is 2. The third kappa shape index (κ3) is 4.56. The number of methoxy groups -OCH3 is 1. The molecule has 0 aliphatic rings. The van der Waals surface area contributed by atoms with Gasteiger partial charge in [0.2, 0.25) is 0 Å². The number of carbonyl (C=O) groups excluding carboxylic acids is 1. The largest absolute Gasteiger partial charge is 0.493 e. The van der Waals surface area contributed by atoms with Crippen molar-refractivity contribution in [3.05, 3.63) is 53.3 Å². The minimum absolute atomic E-state index is 0.289. The quantitative estimate of drug-likeness (QED) is 0.464. The van der Waals surface area contributed by atoms with E-state index >= 15 is 0 Å². The van der Waals surface area contributed by atoms with E-state index < -0.39 is 0 Å². The van der Waals surface area contributed by atoms with E-state index in [1.165, 1.54) is 0 Å². The molecule has 1 aromatic heterocycles. The Hall–Kier alpha value is -3.35. The minimum atomic E-state index is -0.289. The Kier molecular flexibility index (Phi) is 6.49. The summed E-state index contributed by atoms with van der Waals surface area (Å²) in [5.41, 5.74) is 5.69. The summed E-state index contributed by atoms with van der Waals surface area (Å²) in [6.45, 7) is 7.51. The average molecular weight is 394 g/mol. The van der Waals surface area contributed by atoms with Crippen LogP contribution in [-0.2, 0) is 6.54 Å². The lowest BCUT2D eigenvalue weighted by Gasteiger charge is -2.10. The molecule has 29 heavy (non-hydrogen) atoms. The lowest BCUT2D eigenvalue weighted by Crippen LogP contribution is -2.17. The smallest absolute Gasteiger partial charge is 0.271 e. The molecular formula is C22H26N4O3. The zero-order chi connectivity index (χ0) is 20.8. The fourth-order valence-electron chi connectivity index (χ4n) is 3.12. The van der Waals surface area contributed by atoms with Crippen LogP contribution in [0.2, 0.25) is 0 Å². The molecule has 3 rings (SSSR count). The second-order valence-electron chi connectivity index (χ2n) is 6.56. The number of rotatable bonds is 8. The van der Waals surface area contributed by atoms with Gasteiger partial charge in [-0.25, -0.2) is 10.4 Å². The Labute approximate surface area is 170 Å². The summed E-state index contributed by atoms with van der Waals surface area (Å²) >= 11 is 0. The average Bonchev–Trinajstić information content (AvgIpc) is 3.06. The highest BCUT2D eigenvalue weighted by atomic mass is 16.5. The van der Waals surface area contributed by atoms with Crippen LogP contribution in [0.5, 0.6) is 11.5 Å². The predicted molar refractivity (Wildman–Crippen MR) is 114 cm³/mol. The molecule has 1 amide bonds. The van der Waals surface area contributed by atoms with Gasteiger partial charge in [0, 0.05) is 12.1 Å². The first-order chi connectivity index (χ1) is 14.1. The van der Waals surface area contributed by atoms with Crippen LogP contribution in [0, 0.1) is 6.92 Å². The van der Waals surface area contributed by atoms with Gasteiger partial charge in [-0.05, 0) is 62.2 Å². The Morgan fingerprint density at radius 2 is 2.03 bits per heavy atom. The molecule has 0 saturated carbocycles. The zero-order valence-corrected chi connectivity index (χ0v) is 17.2. The molecule has 0 spiro atoms. The molecule has 0 aliphatic carbocycles. The van der Waals surface area contributed by atoms with E-state index in [-0.39, 0.29) is 5.91 Å². The molecule has 0 aliphatic heterocycles. The van der Waals surface area contributed by atoms with Crippen LogP contribution in [0.15, 0.2) is 41.5 Å². The highest BCUT2D eigenvalue weighted by Gasteiger charge is 2.10. The molecule has 0 bridgehead atoms. The number of ether oxygens (including phenoxy) is 2. The number of aromatic nitrogens is 2. The topological polar surface area (TPSA) is 77.7 Å². The first-order valence-electron chi connectivity index (χ1n) is 9.68. The van der Waals surface area contributed by atoms with Gasteiger partial charge in [0.05, 0.1) is 31.0 Å². The molecular weight excluding hydrogens is 368 g/mol. The fraction of sp³-hybridized carbons (Fsp3) is 0.318. The minimum Gasteiger partial charge on any atom is -0.493 e. The van der Waals surface area contributed by atoms with Crippen molar-refractivity contribution in [1.82, 2.24) is 15.0 Å². The number of fused-ring (bicyclic) bond motifs is 1. The molecule has 0 radical (unpaired) electrons. The van der Waals surface area contributed by atoms with E-state index in [0.29, 0.717) is 23.7 Å². The van der Waals surface area contributed by atoms with Crippen molar-refractivity contribution in [2.75, 3.05) is 13.7 Å². The third-order valence-corrected chi connectivity index (χ3v) is 4.55. The Balaban J connectivity index is 1.71. The first kappa shape index (κ1) is 20.4. The molecule has 3 aromatic rings. The number of nitrogens with one attached hydrogen (secondary N) is 1. The number of benzene rings is 2. The maximum Gasteiger partial charge on any atom is 0.271 e. The Morgan fingerprint density at radius 3 is 2.76 bits per heavy atom. The summed E-state index contributed by atoms with van der Waals surface area (Å²) in [7, 11) is 1.60. The van der Waals surface area contributed by atoms with Crippen molar-refractivity contribution in [2.24, 2.45) is 5.10 Å². The number of amides is 1. The zero-order valence-electron chi connectivity index (χ0n) is 17.2. The molecule has 0 atom stereocenters. The van der Waals surface area contributed by atoms with Gasteiger partial charge in [0.1, 0.15) is 5.82 Å². The highest BCUT2D eigenvalue weighted by molar-refractivity contribution is 5.98. The van der Waals surface area contributed by atoms with E-state index in [1.807, 2.05) is 38.1 Å². The molecule has 1 N–H and O–H groups in total. The van der Waals surface area contributed by atoms with Gasteiger partial charge in [0.25, 0.3) is 5.91 Å². The Bertz CT molecular complexity index is 1040. The molecule has 0 fully saturated rings. The lowest BCUT2D eigenvalue weighted by atomic mass is 10.2. The van der Waals surface area contributed by atoms with Crippen molar-refractivity contribution in [2.45, 2.75) is 33.7 Å². The maximum absolute atomic E-state index is 12.4. The van der Waals surface area contributed by atoms with Crippen molar-refractivity contribution in [3.8, 4) is 11.5 Å². The van der Waals surface area contributed by atoms with Crippen molar-refractivity contribution in [3.63, 3.8) is 0 Å². The first-order valence-corrected chi connectivity index (χ1v) is 9.68. The molecule has 152 valence electrons. The normalized spacial score (nSPS) is 11.2. The van der Waals surface area contributed by atoms with Crippen LogP contribution in [0.25, 0.3) is 11.0 Å². The third-order valence-electron chi connectivity index (χ3n) is 4.55. The number of hydrazone groups is 1. The number of imidazole rings is 1. The number of hydrogen-bond donors (Lipinski definition) is 1. The fourth-order valence-corrected chi connectivity index (χ4v) is 3.12. The number of carbonyl (C=O) groups is 1. The molecule has 7 heteroatoms. The van der Waals surface area contributed by atoms with E-state index in [1.54, 1.807) is 25.5 Å². The van der Waals surface area contributed by atoms with Gasteiger partial charge in [-0.2, -0.15) is 5.10 Å².